The molecular weight excluding hydrogens is 228 g/mol. The van der Waals surface area contributed by atoms with Crippen LogP contribution in [0.3, 0.4) is 0 Å². The van der Waals surface area contributed by atoms with Crippen LogP contribution in [-0.2, 0) is 16.0 Å². The fraction of sp³-hybridized carbons (Fsp3) is 0.533. The summed E-state index contributed by atoms with van der Waals surface area (Å²) in [6, 6.07) is 7.84. The van der Waals surface area contributed by atoms with Gasteiger partial charge in [0.05, 0.1) is 18.6 Å². The first kappa shape index (κ1) is 14.6. The van der Waals surface area contributed by atoms with Gasteiger partial charge in [-0.25, -0.2) is 0 Å². The minimum absolute atomic E-state index is 0.169. The van der Waals surface area contributed by atoms with E-state index in [1.165, 1.54) is 7.11 Å². The summed E-state index contributed by atoms with van der Waals surface area (Å²) in [7, 11) is 1.42. The predicted molar refractivity (Wildman–Crippen MR) is 71.7 cm³/mol. The number of carbonyl (C=O) groups excluding carboxylic acids is 1. The van der Waals surface area contributed by atoms with E-state index in [9.17, 15) is 4.79 Å². The Bertz CT molecular complexity index is 391. The van der Waals surface area contributed by atoms with Gasteiger partial charge in [-0.1, -0.05) is 12.1 Å². The van der Waals surface area contributed by atoms with Crippen molar-refractivity contribution in [3.8, 4) is 5.75 Å². The Morgan fingerprint density at radius 3 is 2.22 bits per heavy atom. The predicted octanol–water partition coefficient (Wildman–Crippen LogP) is 3.22. The molecule has 0 aliphatic carbocycles. The zero-order chi connectivity index (χ0) is 13.8. The van der Waals surface area contributed by atoms with Gasteiger partial charge < -0.3 is 9.47 Å². The van der Waals surface area contributed by atoms with E-state index in [1.54, 1.807) is 0 Å². The van der Waals surface area contributed by atoms with E-state index in [-0.39, 0.29) is 12.1 Å². The molecular formula is C15H22O3. The van der Waals surface area contributed by atoms with Gasteiger partial charge in [0.15, 0.2) is 0 Å². The Morgan fingerprint density at radius 2 is 1.78 bits per heavy atom. The number of hydrogen-bond donors (Lipinski definition) is 0. The quantitative estimate of drug-likeness (QED) is 0.753. The molecule has 0 N–H and O–H groups in total. The highest BCUT2D eigenvalue weighted by molar-refractivity contribution is 5.76. The van der Waals surface area contributed by atoms with E-state index in [1.807, 2.05) is 52.0 Å². The lowest BCUT2D eigenvalue weighted by molar-refractivity contribution is -0.150. The second-order valence-corrected chi connectivity index (χ2v) is 5.36. The third-order valence-corrected chi connectivity index (χ3v) is 2.68. The summed E-state index contributed by atoms with van der Waals surface area (Å²) in [6.07, 6.45) is 0.823. The topological polar surface area (TPSA) is 35.5 Å². The minimum Gasteiger partial charge on any atom is -0.491 e. The molecule has 3 heteroatoms. The maximum absolute atomic E-state index is 11.6. The normalized spacial score (nSPS) is 11.4. The highest BCUT2D eigenvalue weighted by Gasteiger charge is 2.28. The van der Waals surface area contributed by atoms with Crippen molar-refractivity contribution in [2.75, 3.05) is 7.11 Å². The lowest BCUT2D eigenvalue weighted by atomic mass is 9.86. The Labute approximate surface area is 109 Å². The standard InChI is InChI=1S/C15H22O3/c1-11(2)18-13-8-6-12(7-9-13)10-15(3,4)14(16)17-5/h6-9,11H,10H2,1-5H3. The molecule has 0 aromatic heterocycles. The fourth-order valence-electron chi connectivity index (χ4n) is 1.82. The number of rotatable bonds is 5. The van der Waals surface area contributed by atoms with Crippen LogP contribution in [0.15, 0.2) is 24.3 Å². The molecule has 18 heavy (non-hydrogen) atoms. The van der Waals surface area contributed by atoms with Gasteiger partial charge in [-0.3, -0.25) is 4.79 Å². The van der Waals surface area contributed by atoms with Gasteiger partial charge in [0.2, 0.25) is 0 Å². The third kappa shape index (κ3) is 4.06. The number of benzene rings is 1. The van der Waals surface area contributed by atoms with Gasteiger partial charge in [-0.05, 0) is 51.8 Å². The van der Waals surface area contributed by atoms with E-state index < -0.39 is 5.41 Å². The van der Waals surface area contributed by atoms with Gasteiger partial charge in [0.1, 0.15) is 5.75 Å². The molecule has 0 radical (unpaired) electrons. The highest BCUT2D eigenvalue weighted by atomic mass is 16.5. The average Bonchev–Trinajstić information content (AvgIpc) is 2.29. The van der Waals surface area contributed by atoms with E-state index in [0.717, 1.165) is 11.3 Å². The maximum atomic E-state index is 11.6. The van der Waals surface area contributed by atoms with Gasteiger partial charge >= 0.3 is 5.97 Å². The molecule has 1 aromatic rings. The first-order chi connectivity index (χ1) is 8.35. The van der Waals surface area contributed by atoms with E-state index >= 15 is 0 Å². The number of hydrogen-bond acceptors (Lipinski definition) is 3. The molecule has 3 nitrogen and oxygen atoms in total. The third-order valence-electron chi connectivity index (χ3n) is 2.68. The summed E-state index contributed by atoms with van der Waals surface area (Å²) < 4.78 is 10.4. The number of carbonyl (C=O) groups is 1. The van der Waals surface area contributed by atoms with Crippen molar-refractivity contribution in [3.05, 3.63) is 29.8 Å². The summed E-state index contributed by atoms with van der Waals surface area (Å²) >= 11 is 0. The molecule has 0 spiro atoms. The highest BCUT2D eigenvalue weighted by Crippen LogP contribution is 2.24. The Hall–Kier alpha value is -1.51. The Kier molecular flexibility index (Phi) is 4.76. The molecule has 100 valence electrons. The van der Waals surface area contributed by atoms with Crippen LogP contribution < -0.4 is 4.74 Å². The zero-order valence-corrected chi connectivity index (χ0v) is 11.8. The summed E-state index contributed by atoms with van der Waals surface area (Å²) in [5, 5.41) is 0. The number of esters is 1. The first-order valence-electron chi connectivity index (χ1n) is 6.19. The lowest BCUT2D eigenvalue weighted by Crippen LogP contribution is -2.27. The molecule has 0 unspecified atom stereocenters. The van der Waals surface area contributed by atoms with Crippen LogP contribution in [0.1, 0.15) is 33.3 Å². The number of methoxy groups -OCH3 is 1. The summed E-state index contributed by atoms with van der Waals surface area (Å²) in [6.45, 7) is 7.76. The van der Waals surface area contributed by atoms with Crippen LogP contribution >= 0.6 is 0 Å². The molecule has 0 fully saturated rings. The van der Waals surface area contributed by atoms with E-state index in [2.05, 4.69) is 0 Å². The number of ether oxygens (including phenoxy) is 2. The maximum Gasteiger partial charge on any atom is 0.311 e. The van der Waals surface area contributed by atoms with Crippen LogP contribution in [-0.4, -0.2) is 19.2 Å². The summed E-state index contributed by atoms with van der Waals surface area (Å²) in [4.78, 5) is 11.6. The molecule has 1 aromatic carbocycles. The molecule has 1 rings (SSSR count). The summed E-state index contributed by atoms with van der Waals surface area (Å²) in [5.74, 6) is 0.662. The fourth-order valence-corrected chi connectivity index (χ4v) is 1.82. The molecule has 0 aliphatic heterocycles. The molecule has 0 saturated carbocycles. The van der Waals surface area contributed by atoms with Crippen molar-refractivity contribution in [1.29, 1.82) is 0 Å². The van der Waals surface area contributed by atoms with Crippen molar-refractivity contribution < 1.29 is 14.3 Å². The first-order valence-corrected chi connectivity index (χ1v) is 6.19. The van der Waals surface area contributed by atoms with Crippen LogP contribution in [0.4, 0.5) is 0 Å². The van der Waals surface area contributed by atoms with Gasteiger partial charge in [-0.15, -0.1) is 0 Å². The minimum atomic E-state index is -0.505. The van der Waals surface area contributed by atoms with Crippen LogP contribution in [0, 0.1) is 5.41 Å². The summed E-state index contributed by atoms with van der Waals surface area (Å²) in [5.41, 5.74) is 0.594. The Balaban J connectivity index is 2.72. The van der Waals surface area contributed by atoms with Crippen LogP contribution in [0.25, 0.3) is 0 Å². The van der Waals surface area contributed by atoms with E-state index in [4.69, 9.17) is 9.47 Å². The zero-order valence-electron chi connectivity index (χ0n) is 11.8. The molecule has 0 atom stereocenters. The molecule has 0 saturated heterocycles. The Morgan fingerprint density at radius 1 is 1.22 bits per heavy atom. The molecule has 0 aliphatic rings. The average molecular weight is 250 g/mol. The van der Waals surface area contributed by atoms with Gasteiger partial charge in [-0.2, -0.15) is 0 Å². The molecule has 0 amide bonds. The molecule has 0 heterocycles. The largest absolute Gasteiger partial charge is 0.491 e. The van der Waals surface area contributed by atoms with Crippen molar-refractivity contribution in [2.24, 2.45) is 5.41 Å². The second kappa shape index (κ2) is 5.89. The second-order valence-electron chi connectivity index (χ2n) is 5.36. The van der Waals surface area contributed by atoms with Crippen molar-refractivity contribution in [2.45, 2.75) is 40.2 Å². The van der Waals surface area contributed by atoms with Crippen molar-refractivity contribution in [3.63, 3.8) is 0 Å². The van der Waals surface area contributed by atoms with Crippen LogP contribution in [0.2, 0.25) is 0 Å². The van der Waals surface area contributed by atoms with Crippen LogP contribution in [0.5, 0.6) is 5.75 Å². The van der Waals surface area contributed by atoms with Crippen molar-refractivity contribution >= 4 is 5.97 Å². The molecule has 0 bridgehead atoms. The van der Waals surface area contributed by atoms with Crippen molar-refractivity contribution in [1.82, 2.24) is 0 Å². The SMILES string of the molecule is COC(=O)C(C)(C)Cc1ccc(OC(C)C)cc1. The lowest BCUT2D eigenvalue weighted by Gasteiger charge is -2.21. The van der Waals surface area contributed by atoms with Gasteiger partial charge in [0, 0.05) is 0 Å². The monoisotopic (exact) mass is 250 g/mol. The van der Waals surface area contributed by atoms with E-state index in [0.29, 0.717) is 6.42 Å². The van der Waals surface area contributed by atoms with Gasteiger partial charge in [0.25, 0.3) is 0 Å². The smallest absolute Gasteiger partial charge is 0.311 e.